The third-order valence-electron chi connectivity index (χ3n) is 6.66. The number of nitriles is 1. The molecule has 2 heterocycles. The third kappa shape index (κ3) is 6.59. The van der Waals surface area contributed by atoms with Gasteiger partial charge in [0.2, 0.25) is 0 Å². The Balaban J connectivity index is 1.61. The summed E-state index contributed by atoms with van der Waals surface area (Å²) in [6.07, 6.45) is 4.28. The van der Waals surface area contributed by atoms with Gasteiger partial charge >= 0.3 is 0 Å². The van der Waals surface area contributed by atoms with Crippen molar-refractivity contribution in [2.75, 3.05) is 26.8 Å². The molecule has 1 N–H and O–H groups in total. The second-order valence-corrected chi connectivity index (χ2v) is 9.65. The molecule has 2 aromatic rings. The Morgan fingerprint density at radius 1 is 1.29 bits per heavy atom. The van der Waals surface area contributed by atoms with Crippen LogP contribution in [0.1, 0.15) is 60.8 Å². The summed E-state index contributed by atoms with van der Waals surface area (Å²) in [5.41, 5.74) is 5.39. The van der Waals surface area contributed by atoms with E-state index in [4.69, 9.17) is 4.74 Å². The summed E-state index contributed by atoms with van der Waals surface area (Å²) in [7, 11) is 1.69. The molecule has 1 amide bonds. The normalized spacial score (nSPS) is 17.9. The molecule has 0 spiro atoms. The molecule has 1 aliphatic rings. The van der Waals surface area contributed by atoms with Gasteiger partial charge in [-0.05, 0) is 74.9 Å². The number of hydrogen-bond acceptors (Lipinski definition) is 4. The minimum Gasteiger partial charge on any atom is -0.383 e. The molecular weight excluding hydrogens is 424 g/mol. The number of ether oxygens (including phenoxy) is 1. The second-order valence-electron chi connectivity index (χ2n) is 9.65. The second kappa shape index (κ2) is 12.0. The number of piperidine rings is 1. The minimum atomic E-state index is -0.358. The molecule has 3 rings (SSSR count). The molecule has 1 aliphatic heterocycles. The fourth-order valence-corrected chi connectivity index (χ4v) is 4.98. The van der Waals surface area contributed by atoms with Crippen LogP contribution in [0.5, 0.6) is 0 Å². The molecule has 2 unspecified atom stereocenters. The van der Waals surface area contributed by atoms with E-state index in [9.17, 15) is 10.1 Å². The van der Waals surface area contributed by atoms with Gasteiger partial charge in [0, 0.05) is 38.1 Å². The molecule has 0 bridgehead atoms. The van der Waals surface area contributed by atoms with Crippen molar-refractivity contribution in [3.8, 4) is 6.07 Å². The van der Waals surface area contributed by atoms with Gasteiger partial charge in [0.15, 0.2) is 0 Å². The molecule has 0 radical (unpaired) electrons. The zero-order valence-electron chi connectivity index (χ0n) is 21.2. The van der Waals surface area contributed by atoms with E-state index in [0.717, 1.165) is 41.5 Å². The number of carbonyl (C=O) groups excluding carboxylic acids is 1. The Labute approximate surface area is 204 Å². The van der Waals surface area contributed by atoms with E-state index in [1.807, 2.05) is 19.9 Å². The van der Waals surface area contributed by atoms with Crippen LogP contribution in [0.4, 0.5) is 0 Å². The van der Waals surface area contributed by atoms with Crippen LogP contribution in [-0.4, -0.2) is 42.2 Å². The van der Waals surface area contributed by atoms with E-state index in [2.05, 4.69) is 59.0 Å². The van der Waals surface area contributed by atoms with Crippen LogP contribution < -0.4 is 5.32 Å². The SMILES string of the molecule is COCC(C)n1c(C)cc(/C=C(/C#N)C(=O)NCc2ccc(CN3CCCC(C)C3)cc2)c1C. The number of aromatic nitrogens is 1. The Morgan fingerprint density at radius 3 is 2.65 bits per heavy atom. The quantitative estimate of drug-likeness (QED) is 0.431. The van der Waals surface area contributed by atoms with Gasteiger partial charge in [0.1, 0.15) is 11.6 Å². The number of aryl methyl sites for hydroxylation is 1. The Hall–Kier alpha value is -2.88. The first kappa shape index (κ1) is 25.7. The molecule has 6 heteroatoms. The number of rotatable bonds is 9. The lowest BCUT2D eigenvalue weighted by molar-refractivity contribution is -0.117. The van der Waals surface area contributed by atoms with Crippen LogP contribution in [0.25, 0.3) is 6.08 Å². The molecule has 2 atom stereocenters. The Morgan fingerprint density at radius 2 is 2.00 bits per heavy atom. The summed E-state index contributed by atoms with van der Waals surface area (Å²) in [4.78, 5) is 15.2. The molecule has 1 fully saturated rings. The summed E-state index contributed by atoms with van der Waals surface area (Å²) in [6.45, 7) is 12.7. The standard InChI is InChI=1S/C28H38N4O2/c1-20-7-6-12-31(17-20)18-25-10-8-24(9-11-25)16-30-28(33)27(15-29)14-26-13-21(2)32(23(26)4)22(3)19-34-5/h8-11,13-14,20,22H,6-7,12,16-19H2,1-5H3,(H,30,33)/b27-14-. The van der Waals surface area contributed by atoms with Gasteiger partial charge in [-0.1, -0.05) is 31.2 Å². The maximum Gasteiger partial charge on any atom is 0.262 e. The third-order valence-corrected chi connectivity index (χ3v) is 6.66. The lowest BCUT2D eigenvalue weighted by Crippen LogP contribution is -2.33. The summed E-state index contributed by atoms with van der Waals surface area (Å²) in [5, 5.41) is 12.5. The minimum absolute atomic E-state index is 0.107. The summed E-state index contributed by atoms with van der Waals surface area (Å²) in [6, 6.07) is 12.6. The number of hydrogen-bond donors (Lipinski definition) is 1. The fraction of sp³-hybridized carbons (Fsp3) is 0.500. The average molecular weight is 463 g/mol. The van der Waals surface area contributed by atoms with Crippen LogP contribution in [0, 0.1) is 31.1 Å². The van der Waals surface area contributed by atoms with E-state index < -0.39 is 0 Å². The molecule has 1 saturated heterocycles. The lowest BCUT2D eigenvalue weighted by Gasteiger charge is -2.30. The van der Waals surface area contributed by atoms with Gasteiger partial charge in [-0.25, -0.2) is 0 Å². The van der Waals surface area contributed by atoms with Gasteiger partial charge in [-0.3, -0.25) is 9.69 Å². The number of nitrogens with zero attached hydrogens (tertiary/aromatic N) is 3. The largest absolute Gasteiger partial charge is 0.383 e. The first-order valence-corrected chi connectivity index (χ1v) is 12.2. The zero-order chi connectivity index (χ0) is 24.7. The Kier molecular flexibility index (Phi) is 9.09. The highest BCUT2D eigenvalue weighted by Crippen LogP contribution is 2.23. The predicted octanol–water partition coefficient (Wildman–Crippen LogP) is 4.77. The number of amides is 1. The lowest BCUT2D eigenvalue weighted by atomic mass is 9.99. The van der Waals surface area contributed by atoms with Gasteiger partial charge in [0.05, 0.1) is 12.6 Å². The highest BCUT2D eigenvalue weighted by molar-refractivity contribution is 6.01. The van der Waals surface area contributed by atoms with Crippen molar-refractivity contribution >= 4 is 12.0 Å². The van der Waals surface area contributed by atoms with E-state index in [0.29, 0.717) is 13.2 Å². The molecule has 34 heavy (non-hydrogen) atoms. The van der Waals surface area contributed by atoms with Gasteiger partial charge in [0.25, 0.3) is 5.91 Å². The van der Waals surface area contributed by atoms with Crippen molar-refractivity contribution in [3.05, 3.63) is 64.0 Å². The smallest absolute Gasteiger partial charge is 0.262 e. The van der Waals surface area contributed by atoms with Crippen LogP contribution in [0.2, 0.25) is 0 Å². The zero-order valence-corrected chi connectivity index (χ0v) is 21.2. The number of likely N-dealkylation sites (tertiary alicyclic amines) is 1. The van der Waals surface area contributed by atoms with Gasteiger partial charge in [-0.2, -0.15) is 5.26 Å². The molecule has 1 aromatic heterocycles. The van der Waals surface area contributed by atoms with Crippen molar-refractivity contribution in [2.24, 2.45) is 5.92 Å². The molecule has 1 aromatic carbocycles. The van der Waals surface area contributed by atoms with Crippen LogP contribution in [0.15, 0.2) is 35.9 Å². The van der Waals surface area contributed by atoms with Crippen molar-refractivity contribution in [1.29, 1.82) is 5.26 Å². The van der Waals surface area contributed by atoms with Crippen molar-refractivity contribution in [1.82, 2.24) is 14.8 Å². The highest BCUT2D eigenvalue weighted by Gasteiger charge is 2.17. The molecule has 0 aliphatic carbocycles. The molecule has 0 saturated carbocycles. The van der Waals surface area contributed by atoms with E-state index in [1.54, 1.807) is 13.2 Å². The summed E-state index contributed by atoms with van der Waals surface area (Å²) in [5.74, 6) is 0.411. The molecule has 182 valence electrons. The van der Waals surface area contributed by atoms with E-state index in [-0.39, 0.29) is 17.5 Å². The summed E-state index contributed by atoms with van der Waals surface area (Å²) >= 11 is 0. The first-order valence-electron chi connectivity index (χ1n) is 12.2. The maximum absolute atomic E-state index is 12.7. The van der Waals surface area contributed by atoms with Gasteiger partial charge < -0.3 is 14.6 Å². The fourth-order valence-electron chi connectivity index (χ4n) is 4.98. The molecule has 6 nitrogen and oxygen atoms in total. The van der Waals surface area contributed by atoms with Gasteiger partial charge in [-0.15, -0.1) is 0 Å². The van der Waals surface area contributed by atoms with E-state index in [1.165, 1.54) is 24.9 Å². The summed E-state index contributed by atoms with van der Waals surface area (Å²) < 4.78 is 7.46. The van der Waals surface area contributed by atoms with E-state index >= 15 is 0 Å². The average Bonchev–Trinajstić information content (AvgIpc) is 3.09. The molecular formula is C28H38N4O2. The number of benzene rings is 1. The maximum atomic E-state index is 12.7. The Bertz CT molecular complexity index is 1050. The predicted molar refractivity (Wildman–Crippen MR) is 136 cm³/mol. The van der Waals surface area contributed by atoms with Crippen LogP contribution in [-0.2, 0) is 22.6 Å². The van der Waals surface area contributed by atoms with Crippen LogP contribution >= 0.6 is 0 Å². The topological polar surface area (TPSA) is 70.3 Å². The van der Waals surface area contributed by atoms with Crippen molar-refractivity contribution < 1.29 is 9.53 Å². The van der Waals surface area contributed by atoms with Crippen LogP contribution in [0.3, 0.4) is 0 Å². The first-order chi connectivity index (χ1) is 16.3. The number of carbonyl (C=O) groups is 1. The van der Waals surface area contributed by atoms with Crippen molar-refractivity contribution in [2.45, 2.75) is 59.7 Å². The number of methoxy groups -OCH3 is 1. The van der Waals surface area contributed by atoms with Crippen molar-refractivity contribution in [3.63, 3.8) is 0 Å². The highest BCUT2D eigenvalue weighted by atomic mass is 16.5. The number of nitrogens with one attached hydrogen (secondary N) is 1. The monoisotopic (exact) mass is 462 g/mol.